The van der Waals surface area contributed by atoms with E-state index in [9.17, 15) is 8.78 Å². The summed E-state index contributed by atoms with van der Waals surface area (Å²) in [4.78, 5) is 0. The summed E-state index contributed by atoms with van der Waals surface area (Å²) in [5.41, 5.74) is 0. The number of rotatable bonds is 1. The molecule has 0 amide bonds. The molecule has 13 heavy (non-hydrogen) atoms. The first kappa shape index (κ1) is 10.3. The van der Waals surface area contributed by atoms with Crippen molar-refractivity contribution in [1.29, 1.82) is 0 Å². The fourth-order valence-electron chi connectivity index (χ4n) is 0.988. The highest BCUT2D eigenvalue weighted by Crippen LogP contribution is 2.24. The zero-order chi connectivity index (χ0) is 9.84. The first-order valence-corrected chi connectivity index (χ1v) is 4.41. The van der Waals surface area contributed by atoms with E-state index in [1.165, 1.54) is 6.08 Å². The lowest BCUT2D eigenvalue weighted by Crippen LogP contribution is -2.01. The van der Waals surface area contributed by atoms with Gasteiger partial charge in [0.25, 0.3) is 0 Å². The molecule has 0 radical (unpaired) electrons. The first-order valence-electron chi connectivity index (χ1n) is 4.03. The second-order valence-corrected chi connectivity index (χ2v) is 3.11. The van der Waals surface area contributed by atoms with E-state index in [1.54, 1.807) is 6.92 Å². The molecule has 0 spiro atoms. The van der Waals surface area contributed by atoms with E-state index in [1.807, 2.05) is 0 Å². The van der Waals surface area contributed by atoms with Crippen molar-refractivity contribution >= 4 is 11.6 Å². The Kier molecular flexibility index (Phi) is 3.50. The summed E-state index contributed by atoms with van der Waals surface area (Å²) >= 11 is 5.57. The molecule has 0 aromatic carbocycles. The van der Waals surface area contributed by atoms with Crippen LogP contribution in [-0.4, -0.2) is 6.17 Å². The van der Waals surface area contributed by atoms with Gasteiger partial charge in [0, 0.05) is 0 Å². The highest BCUT2D eigenvalue weighted by molar-refractivity contribution is 6.31. The van der Waals surface area contributed by atoms with Crippen molar-refractivity contribution < 1.29 is 8.78 Å². The minimum atomic E-state index is -1.35. The van der Waals surface area contributed by atoms with Crippen molar-refractivity contribution in [2.24, 2.45) is 5.92 Å². The summed E-state index contributed by atoms with van der Waals surface area (Å²) in [7, 11) is 0. The molecule has 1 aliphatic rings. The molecule has 0 heterocycles. The van der Waals surface area contributed by atoms with Crippen molar-refractivity contribution in [2.45, 2.75) is 19.5 Å². The molecule has 2 atom stereocenters. The van der Waals surface area contributed by atoms with Crippen molar-refractivity contribution in [3.63, 3.8) is 0 Å². The zero-order valence-corrected chi connectivity index (χ0v) is 7.91. The lowest BCUT2D eigenvalue weighted by molar-refractivity contribution is 0.476. The Morgan fingerprint density at radius 2 is 2.23 bits per heavy atom. The average molecular weight is 203 g/mol. The summed E-state index contributed by atoms with van der Waals surface area (Å²) in [6.45, 7) is 1.78. The molecular weight excluding hydrogens is 194 g/mol. The number of alkyl halides is 1. The normalized spacial score (nSPS) is 30.2. The molecule has 0 bridgehead atoms. The lowest BCUT2D eigenvalue weighted by atomic mass is 10.0. The van der Waals surface area contributed by atoms with Gasteiger partial charge >= 0.3 is 0 Å². The minimum absolute atomic E-state index is 0.0523. The molecule has 1 rings (SSSR count). The lowest BCUT2D eigenvalue weighted by Gasteiger charge is -2.07. The molecule has 0 aromatic heterocycles. The maximum atomic E-state index is 13.3. The zero-order valence-electron chi connectivity index (χ0n) is 7.15. The van der Waals surface area contributed by atoms with E-state index in [-0.39, 0.29) is 5.03 Å². The quantitative estimate of drug-likeness (QED) is 0.572. The highest BCUT2D eigenvalue weighted by atomic mass is 35.5. The van der Waals surface area contributed by atoms with Gasteiger partial charge in [-0.05, 0) is 18.6 Å². The van der Waals surface area contributed by atoms with Gasteiger partial charge in [0.1, 0.15) is 5.83 Å². The number of halogens is 3. The third-order valence-corrected chi connectivity index (χ3v) is 2.06. The van der Waals surface area contributed by atoms with Gasteiger partial charge < -0.3 is 0 Å². The maximum Gasteiger partial charge on any atom is 0.179 e. The van der Waals surface area contributed by atoms with Gasteiger partial charge in [0.2, 0.25) is 0 Å². The third-order valence-electron chi connectivity index (χ3n) is 1.75. The van der Waals surface area contributed by atoms with Gasteiger partial charge in [-0.15, -0.1) is 0 Å². The number of allylic oxidation sites excluding steroid dienone is 4. The fourth-order valence-corrected chi connectivity index (χ4v) is 1.19. The second-order valence-electron chi connectivity index (χ2n) is 2.71. The van der Waals surface area contributed by atoms with Crippen molar-refractivity contribution in [3.05, 3.63) is 23.0 Å². The summed E-state index contributed by atoms with van der Waals surface area (Å²) in [5, 5.41) is -0.0523. The van der Waals surface area contributed by atoms with Crippen LogP contribution in [-0.2, 0) is 0 Å². The van der Waals surface area contributed by atoms with Crippen molar-refractivity contribution in [2.75, 3.05) is 0 Å². The Bertz CT molecular complexity index is 307. The molecule has 3 heteroatoms. The van der Waals surface area contributed by atoms with E-state index in [0.29, 0.717) is 6.42 Å². The standard InChI is InChI=1S/C10H9ClF2/c1-2-7-3-4-8(12)5-6-9(11)10(7)13/h5-8H,2H2,1H3/b6-5-,10-9?. The van der Waals surface area contributed by atoms with Gasteiger partial charge in [-0.2, -0.15) is 0 Å². The monoisotopic (exact) mass is 202 g/mol. The van der Waals surface area contributed by atoms with E-state index in [0.717, 1.165) is 6.08 Å². The Morgan fingerprint density at radius 3 is 2.85 bits per heavy atom. The van der Waals surface area contributed by atoms with Crippen LogP contribution in [0.15, 0.2) is 23.0 Å². The number of hydrogen-bond acceptors (Lipinski definition) is 0. The molecule has 70 valence electrons. The molecule has 0 N–H and O–H groups in total. The van der Waals surface area contributed by atoms with Crippen LogP contribution < -0.4 is 0 Å². The number of hydrogen-bond donors (Lipinski definition) is 0. The molecule has 0 nitrogen and oxygen atoms in total. The van der Waals surface area contributed by atoms with Crippen LogP contribution in [0.4, 0.5) is 8.78 Å². The van der Waals surface area contributed by atoms with Crippen LogP contribution in [0.5, 0.6) is 0 Å². The largest absolute Gasteiger partial charge is 0.229 e. The van der Waals surface area contributed by atoms with E-state index in [2.05, 4.69) is 11.8 Å². The molecular formula is C10H9ClF2. The predicted molar refractivity (Wildman–Crippen MR) is 49.6 cm³/mol. The smallest absolute Gasteiger partial charge is 0.179 e. The van der Waals surface area contributed by atoms with Crippen LogP contribution in [0.25, 0.3) is 0 Å². The summed E-state index contributed by atoms with van der Waals surface area (Å²) in [6, 6.07) is 0. The SMILES string of the molecule is CCC1C#CC(F)/C=C\C(Cl)=C1F. The molecule has 0 fully saturated rings. The van der Waals surface area contributed by atoms with Crippen molar-refractivity contribution in [3.8, 4) is 11.8 Å². The molecule has 0 aromatic rings. The van der Waals surface area contributed by atoms with Crippen LogP contribution in [0.3, 0.4) is 0 Å². The second kappa shape index (κ2) is 4.43. The van der Waals surface area contributed by atoms with E-state index in [4.69, 9.17) is 11.6 Å². The van der Waals surface area contributed by atoms with Gasteiger partial charge in [-0.1, -0.05) is 30.4 Å². The highest BCUT2D eigenvalue weighted by Gasteiger charge is 2.14. The molecule has 1 aliphatic carbocycles. The van der Waals surface area contributed by atoms with E-state index >= 15 is 0 Å². The van der Waals surface area contributed by atoms with Gasteiger partial charge in [-0.3, -0.25) is 0 Å². The summed E-state index contributed by atoms with van der Waals surface area (Å²) in [5.74, 6) is 3.76. The van der Waals surface area contributed by atoms with Crippen LogP contribution >= 0.6 is 11.6 Å². The van der Waals surface area contributed by atoms with Crippen LogP contribution in [0.2, 0.25) is 0 Å². The Morgan fingerprint density at radius 1 is 1.54 bits per heavy atom. The van der Waals surface area contributed by atoms with Crippen LogP contribution in [0.1, 0.15) is 13.3 Å². The van der Waals surface area contributed by atoms with Gasteiger partial charge in [0.05, 0.1) is 11.0 Å². The summed E-state index contributed by atoms with van der Waals surface area (Å²) in [6.07, 6.45) is 1.50. The Balaban J connectivity index is 3.04. The fraction of sp³-hybridized carbons (Fsp3) is 0.400. The van der Waals surface area contributed by atoms with E-state index < -0.39 is 17.9 Å². The molecule has 0 saturated carbocycles. The topological polar surface area (TPSA) is 0 Å². The summed E-state index contributed by atoms with van der Waals surface area (Å²) < 4.78 is 26.1. The Hall–Kier alpha value is -0.810. The van der Waals surface area contributed by atoms with Gasteiger partial charge in [0.15, 0.2) is 6.17 Å². The van der Waals surface area contributed by atoms with Crippen molar-refractivity contribution in [1.82, 2.24) is 0 Å². The first-order chi connectivity index (χ1) is 6.15. The average Bonchev–Trinajstić information content (AvgIpc) is 2.13. The molecule has 2 unspecified atom stereocenters. The molecule has 0 aliphatic heterocycles. The molecule has 0 saturated heterocycles. The predicted octanol–water partition coefficient (Wildman–Crippen LogP) is 3.34. The third kappa shape index (κ3) is 2.57. The van der Waals surface area contributed by atoms with Gasteiger partial charge in [-0.25, -0.2) is 8.78 Å². The van der Waals surface area contributed by atoms with Crippen LogP contribution in [0, 0.1) is 17.8 Å². The minimum Gasteiger partial charge on any atom is -0.229 e. The Labute approximate surface area is 81.3 Å². The maximum absolute atomic E-state index is 13.3.